The summed E-state index contributed by atoms with van der Waals surface area (Å²) >= 11 is 1.48. The molecule has 1 amide bonds. The van der Waals surface area contributed by atoms with Gasteiger partial charge in [0, 0.05) is 0 Å². The van der Waals surface area contributed by atoms with Gasteiger partial charge in [-0.25, -0.2) is 9.79 Å². The average Bonchev–Trinajstić information content (AvgIpc) is 2.90. The minimum absolute atomic E-state index is 0.00567. The molecule has 0 aromatic heterocycles. The van der Waals surface area contributed by atoms with Crippen LogP contribution >= 0.6 is 11.8 Å². The van der Waals surface area contributed by atoms with Gasteiger partial charge in [-0.15, -0.1) is 0 Å². The van der Waals surface area contributed by atoms with Gasteiger partial charge in [0.25, 0.3) is 0 Å². The number of aryl methyl sites for hydroxylation is 1. The van der Waals surface area contributed by atoms with Gasteiger partial charge >= 0.3 is 5.97 Å². The molecule has 0 spiro atoms. The number of thioether (sulfide) groups is 1. The Morgan fingerprint density at radius 1 is 1.24 bits per heavy atom. The number of carbonyl (C=O) groups excluding carboxylic acids is 2. The lowest BCUT2D eigenvalue weighted by Crippen LogP contribution is -2.40. The van der Waals surface area contributed by atoms with Crippen molar-refractivity contribution in [1.29, 1.82) is 0 Å². The standard InChI is InChI=1S/C19H22N2O3S/c1-5-14-17(22)21-16(13-9-7-11(3)8-10-13)15(18(23)24-6-2)12(4)20-19(21)25-14/h7-10,14,16H,5-6H2,1-4H3/t14-,16+/m0/s1. The molecule has 2 atom stereocenters. The Kier molecular flexibility index (Phi) is 4.99. The number of esters is 1. The van der Waals surface area contributed by atoms with E-state index in [1.165, 1.54) is 11.8 Å². The van der Waals surface area contributed by atoms with Crippen LogP contribution in [0.5, 0.6) is 0 Å². The Morgan fingerprint density at radius 2 is 1.92 bits per heavy atom. The second kappa shape index (κ2) is 7.04. The van der Waals surface area contributed by atoms with Crippen LogP contribution in [0.25, 0.3) is 0 Å². The Hall–Kier alpha value is -2.08. The minimum Gasteiger partial charge on any atom is -0.463 e. The Bertz CT molecular complexity index is 767. The van der Waals surface area contributed by atoms with Crippen LogP contribution in [0, 0.1) is 6.92 Å². The van der Waals surface area contributed by atoms with Gasteiger partial charge in [0.2, 0.25) is 5.91 Å². The molecule has 6 heteroatoms. The van der Waals surface area contributed by atoms with E-state index < -0.39 is 12.0 Å². The van der Waals surface area contributed by atoms with Crippen molar-refractivity contribution in [2.24, 2.45) is 4.99 Å². The first-order chi connectivity index (χ1) is 12.0. The number of nitrogens with zero attached hydrogens (tertiary/aromatic N) is 2. The third-order valence-electron chi connectivity index (χ3n) is 4.41. The minimum atomic E-state index is -0.483. The fourth-order valence-electron chi connectivity index (χ4n) is 3.12. The van der Waals surface area contributed by atoms with E-state index in [2.05, 4.69) is 4.99 Å². The topological polar surface area (TPSA) is 59.0 Å². The molecule has 0 aliphatic carbocycles. The molecule has 1 aromatic rings. The smallest absolute Gasteiger partial charge is 0.338 e. The number of benzene rings is 1. The molecule has 1 fully saturated rings. The number of carbonyl (C=O) groups is 2. The molecule has 5 nitrogen and oxygen atoms in total. The van der Waals surface area contributed by atoms with E-state index in [-0.39, 0.29) is 17.8 Å². The van der Waals surface area contributed by atoms with Crippen LogP contribution in [0.15, 0.2) is 40.5 Å². The second-order valence-corrected chi connectivity index (χ2v) is 7.32. The highest BCUT2D eigenvalue weighted by atomic mass is 32.2. The van der Waals surface area contributed by atoms with E-state index in [9.17, 15) is 9.59 Å². The van der Waals surface area contributed by atoms with Crippen LogP contribution < -0.4 is 0 Å². The van der Waals surface area contributed by atoms with Gasteiger partial charge < -0.3 is 4.74 Å². The first kappa shape index (κ1) is 17.7. The molecule has 1 saturated heterocycles. The Labute approximate surface area is 152 Å². The number of aliphatic imine (C=N–C) groups is 1. The SMILES string of the molecule is CCOC(=O)C1=C(C)N=C2S[C@@H](CC)C(=O)N2[C@@H]1c1ccc(C)cc1. The molecule has 0 N–H and O–H groups in total. The number of amides is 1. The Balaban J connectivity index is 2.13. The van der Waals surface area contributed by atoms with Crippen molar-refractivity contribution >= 4 is 28.8 Å². The van der Waals surface area contributed by atoms with Crippen molar-refractivity contribution in [3.63, 3.8) is 0 Å². The zero-order valence-corrected chi connectivity index (χ0v) is 15.7. The third kappa shape index (κ3) is 3.11. The summed E-state index contributed by atoms with van der Waals surface area (Å²) in [5, 5.41) is 0.522. The van der Waals surface area contributed by atoms with Crippen LogP contribution in [-0.2, 0) is 14.3 Å². The molecule has 3 rings (SSSR count). The highest BCUT2D eigenvalue weighted by molar-refractivity contribution is 8.15. The van der Waals surface area contributed by atoms with Gasteiger partial charge in [-0.05, 0) is 32.8 Å². The number of hydrogen-bond acceptors (Lipinski definition) is 5. The average molecular weight is 358 g/mol. The van der Waals surface area contributed by atoms with E-state index in [1.54, 1.807) is 11.8 Å². The summed E-state index contributed by atoms with van der Waals surface area (Å²) in [6.45, 7) is 7.86. The van der Waals surface area contributed by atoms with E-state index >= 15 is 0 Å². The third-order valence-corrected chi connectivity index (χ3v) is 5.73. The number of allylic oxidation sites excluding steroid dienone is 1. The molecule has 0 radical (unpaired) electrons. The number of ether oxygens (including phenoxy) is 1. The second-order valence-electron chi connectivity index (χ2n) is 6.15. The Morgan fingerprint density at radius 3 is 2.52 bits per heavy atom. The molecule has 132 valence electrons. The maximum Gasteiger partial charge on any atom is 0.338 e. The zero-order valence-electron chi connectivity index (χ0n) is 14.9. The predicted octanol–water partition coefficient (Wildman–Crippen LogP) is 3.60. The fourth-order valence-corrected chi connectivity index (χ4v) is 4.26. The van der Waals surface area contributed by atoms with Gasteiger partial charge in [-0.3, -0.25) is 9.69 Å². The lowest BCUT2D eigenvalue weighted by Gasteiger charge is -2.33. The van der Waals surface area contributed by atoms with Gasteiger partial charge in [0.1, 0.15) is 0 Å². The number of fused-ring (bicyclic) bond motifs is 1. The number of amidine groups is 1. The number of hydrogen-bond donors (Lipinski definition) is 0. The van der Waals surface area contributed by atoms with Crippen molar-refractivity contribution < 1.29 is 14.3 Å². The number of rotatable bonds is 4. The summed E-state index contributed by atoms with van der Waals surface area (Å²) in [4.78, 5) is 31.7. The van der Waals surface area contributed by atoms with Crippen molar-refractivity contribution in [3.05, 3.63) is 46.7 Å². The molecule has 2 aliphatic heterocycles. The van der Waals surface area contributed by atoms with Crippen LogP contribution in [0.2, 0.25) is 0 Å². The summed E-state index contributed by atoms with van der Waals surface area (Å²) in [6, 6.07) is 7.43. The summed E-state index contributed by atoms with van der Waals surface area (Å²) in [5.41, 5.74) is 3.08. The quantitative estimate of drug-likeness (QED) is 0.772. The van der Waals surface area contributed by atoms with Crippen molar-refractivity contribution in [2.45, 2.75) is 45.4 Å². The summed E-state index contributed by atoms with van der Waals surface area (Å²) in [7, 11) is 0. The maximum atomic E-state index is 12.9. The highest BCUT2D eigenvalue weighted by Gasteiger charge is 2.47. The van der Waals surface area contributed by atoms with Crippen LogP contribution in [-0.4, -0.2) is 33.8 Å². The van der Waals surface area contributed by atoms with E-state index in [0.29, 0.717) is 16.4 Å². The summed E-state index contributed by atoms with van der Waals surface area (Å²) in [6.07, 6.45) is 0.730. The van der Waals surface area contributed by atoms with Gasteiger partial charge in [0.15, 0.2) is 5.17 Å². The molecule has 0 bridgehead atoms. The van der Waals surface area contributed by atoms with Crippen LogP contribution in [0.1, 0.15) is 44.4 Å². The van der Waals surface area contributed by atoms with Gasteiger partial charge in [-0.2, -0.15) is 0 Å². The van der Waals surface area contributed by atoms with Crippen LogP contribution in [0.4, 0.5) is 0 Å². The molecule has 25 heavy (non-hydrogen) atoms. The lowest BCUT2D eigenvalue weighted by molar-refractivity contribution is -0.139. The van der Waals surface area contributed by atoms with Gasteiger partial charge in [0.05, 0.1) is 29.2 Å². The molecule has 2 heterocycles. The molecule has 0 unspecified atom stereocenters. The maximum absolute atomic E-state index is 12.9. The van der Waals surface area contributed by atoms with E-state index in [0.717, 1.165) is 17.5 Å². The summed E-state index contributed by atoms with van der Waals surface area (Å²) in [5.74, 6) is -0.405. The largest absolute Gasteiger partial charge is 0.463 e. The van der Waals surface area contributed by atoms with E-state index in [4.69, 9.17) is 4.74 Å². The van der Waals surface area contributed by atoms with Crippen molar-refractivity contribution in [1.82, 2.24) is 4.90 Å². The molecule has 1 aromatic carbocycles. The van der Waals surface area contributed by atoms with Crippen molar-refractivity contribution in [3.8, 4) is 0 Å². The van der Waals surface area contributed by atoms with Gasteiger partial charge in [-0.1, -0.05) is 48.5 Å². The molecule has 2 aliphatic rings. The molecule has 0 saturated carbocycles. The molecular weight excluding hydrogens is 336 g/mol. The summed E-state index contributed by atoms with van der Waals surface area (Å²) < 4.78 is 5.25. The monoisotopic (exact) mass is 358 g/mol. The molecular formula is C19H22N2O3S. The van der Waals surface area contributed by atoms with Crippen molar-refractivity contribution in [2.75, 3.05) is 6.61 Å². The predicted molar refractivity (Wildman–Crippen MR) is 99.2 cm³/mol. The van der Waals surface area contributed by atoms with E-state index in [1.807, 2.05) is 45.0 Å². The first-order valence-electron chi connectivity index (χ1n) is 8.50. The lowest BCUT2D eigenvalue weighted by atomic mass is 9.93. The highest BCUT2D eigenvalue weighted by Crippen LogP contribution is 2.43. The zero-order chi connectivity index (χ0) is 18.1. The fraction of sp³-hybridized carbons (Fsp3) is 0.421. The normalized spacial score (nSPS) is 22.8. The first-order valence-corrected chi connectivity index (χ1v) is 9.38. The van der Waals surface area contributed by atoms with Crippen LogP contribution in [0.3, 0.4) is 0 Å².